The summed E-state index contributed by atoms with van der Waals surface area (Å²) in [7, 11) is 0. The van der Waals surface area contributed by atoms with Gasteiger partial charge in [-0.15, -0.1) is 22.7 Å². The minimum Gasteiger partial charge on any atom is -0.288 e. The Morgan fingerprint density at radius 1 is 0.857 bits per heavy atom. The van der Waals surface area contributed by atoms with Gasteiger partial charge in [-0.25, -0.2) is 0 Å². The fourth-order valence-electron chi connectivity index (χ4n) is 4.47. The van der Waals surface area contributed by atoms with Crippen molar-refractivity contribution in [2.24, 2.45) is 0 Å². The van der Waals surface area contributed by atoms with Crippen molar-refractivity contribution in [3.63, 3.8) is 0 Å². The topological polar surface area (TPSA) is 17.1 Å². The predicted molar refractivity (Wildman–Crippen MR) is 129 cm³/mol. The third-order valence-electron chi connectivity index (χ3n) is 6.26. The van der Waals surface area contributed by atoms with Gasteiger partial charge >= 0.3 is 17.8 Å². The number of thiophene rings is 2. The molecule has 0 saturated heterocycles. The number of hydrogen-bond donors (Lipinski definition) is 0. The summed E-state index contributed by atoms with van der Waals surface area (Å²) in [6, 6.07) is 6.35. The minimum atomic E-state index is -5.64. The number of benzene rings is 1. The number of carbonyl (C=O) groups is 1. The van der Waals surface area contributed by atoms with E-state index in [0.29, 0.717) is 0 Å². The van der Waals surface area contributed by atoms with Crippen LogP contribution in [-0.4, -0.2) is 23.6 Å². The van der Waals surface area contributed by atoms with Gasteiger partial charge in [-0.3, -0.25) is 4.79 Å². The van der Waals surface area contributed by atoms with E-state index in [0.717, 1.165) is 28.2 Å². The lowest BCUT2D eigenvalue weighted by molar-refractivity contribution is -0.254. The zero-order valence-corrected chi connectivity index (χ0v) is 20.8. The molecule has 0 atom stereocenters. The molecule has 1 nitrogen and oxygen atoms in total. The molecule has 0 aliphatic heterocycles. The zero-order valence-electron chi connectivity index (χ0n) is 19.2. The van der Waals surface area contributed by atoms with E-state index >= 15 is 17.6 Å². The highest BCUT2D eigenvalue weighted by molar-refractivity contribution is 7.14. The highest BCUT2D eigenvalue weighted by Gasteiger charge is 2.80. The van der Waals surface area contributed by atoms with Gasteiger partial charge in [0.2, 0.25) is 5.78 Å². The Kier molecular flexibility index (Phi) is 5.96. The smallest absolute Gasteiger partial charge is 0.288 e. The second-order valence-electron chi connectivity index (χ2n) is 8.47. The highest BCUT2D eigenvalue weighted by atomic mass is 32.1. The Labute approximate surface area is 206 Å². The lowest BCUT2D eigenvalue weighted by Gasteiger charge is -2.26. The van der Waals surface area contributed by atoms with Gasteiger partial charge in [0.15, 0.2) is 0 Å². The number of rotatable bonds is 5. The lowest BCUT2D eigenvalue weighted by atomic mass is 9.90. The van der Waals surface area contributed by atoms with Crippen molar-refractivity contribution in [2.75, 3.05) is 0 Å². The van der Waals surface area contributed by atoms with Crippen LogP contribution in [0.4, 0.5) is 26.3 Å². The molecule has 0 bridgehead atoms. The molecule has 0 radical (unpaired) electrons. The van der Waals surface area contributed by atoms with Gasteiger partial charge in [0, 0.05) is 37.6 Å². The third-order valence-corrected chi connectivity index (χ3v) is 8.50. The SMILES string of the molecule is C=Cc1ccc(C(=O)c2sc(C)c(C3=C(c4c(C)csc4C)C(F)(F)C(F)(F)C3(F)F)c2C)cc1. The Morgan fingerprint density at radius 3 is 1.89 bits per heavy atom. The van der Waals surface area contributed by atoms with Crippen LogP contribution in [0.25, 0.3) is 17.2 Å². The van der Waals surface area contributed by atoms with Crippen molar-refractivity contribution in [1.82, 2.24) is 0 Å². The zero-order chi connectivity index (χ0) is 26.1. The molecule has 1 aliphatic carbocycles. The van der Waals surface area contributed by atoms with Crippen molar-refractivity contribution < 1.29 is 31.1 Å². The summed E-state index contributed by atoms with van der Waals surface area (Å²) in [5.74, 6) is -16.4. The predicted octanol–water partition coefficient (Wildman–Crippen LogP) is 8.75. The van der Waals surface area contributed by atoms with Crippen molar-refractivity contribution in [2.45, 2.75) is 45.5 Å². The minimum absolute atomic E-state index is 0.0310. The van der Waals surface area contributed by atoms with E-state index in [9.17, 15) is 13.6 Å². The number of aryl methyl sites for hydroxylation is 3. The number of ketones is 1. The first-order valence-corrected chi connectivity index (χ1v) is 12.2. The summed E-state index contributed by atoms with van der Waals surface area (Å²) in [5.41, 5.74) is -2.33. The van der Waals surface area contributed by atoms with E-state index < -0.39 is 40.3 Å². The van der Waals surface area contributed by atoms with Crippen molar-refractivity contribution >= 4 is 45.7 Å². The van der Waals surface area contributed by atoms with Gasteiger partial charge in [-0.2, -0.15) is 26.3 Å². The largest absolute Gasteiger partial charge is 0.380 e. The summed E-state index contributed by atoms with van der Waals surface area (Å²) < 4.78 is 90.2. The molecule has 0 N–H and O–H groups in total. The summed E-state index contributed by atoms with van der Waals surface area (Å²) in [6.45, 7) is 9.18. The number of allylic oxidation sites excluding steroid dienone is 2. The Bertz CT molecular complexity index is 1370. The molecule has 0 saturated carbocycles. The van der Waals surface area contributed by atoms with Crippen LogP contribution in [-0.2, 0) is 0 Å². The first-order chi connectivity index (χ1) is 16.2. The van der Waals surface area contributed by atoms with E-state index in [2.05, 4.69) is 6.58 Å². The van der Waals surface area contributed by atoms with Crippen LogP contribution < -0.4 is 0 Å². The first-order valence-electron chi connectivity index (χ1n) is 10.5. The fraction of sp³-hybridized carbons (Fsp3) is 0.269. The lowest BCUT2D eigenvalue weighted by Crippen LogP contribution is -2.49. The number of hydrogen-bond acceptors (Lipinski definition) is 3. The Hall–Kier alpha value is -2.65. The molecule has 2 heterocycles. The molecule has 2 aromatic heterocycles. The van der Waals surface area contributed by atoms with Crippen LogP contribution in [0, 0.1) is 27.7 Å². The van der Waals surface area contributed by atoms with Gasteiger partial charge in [-0.1, -0.05) is 36.9 Å². The van der Waals surface area contributed by atoms with Gasteiger partial charge in [-0.05, 0) is 49.8 Å². The molecule has 0 unspecified atom stereocenters. The van der Waals surface area contributed by atoms with Crippen molar-refractivity contribution in [3.8, 4) is 0 Å². The average Bonchev–Trinajstić information content (AvgIpc) is 3.31. The molecule has 4 rings (SSSR count). The monoisotopic (exact) mass is 526 g/mol. The highest BCUT2D eigenvalue weighted by Crippen LogP contribution is 2.66. The van der Waals surface area contributed by atoms with Gasteiger partial charge < -0.3 is 0 Å². The van der Waals surface area contributed by atoms with E-state index in [4.69, 9.17) is 0 Å². The van der Waals surface area contributed by atoms with Crippen LogP contribution in [0.15, 0.2) is 36.2 Å². The van der Waals surface area contributed by atoms with Crippen LogP contribution in [0.5, 0.6) is 0 Å². The number of alkyl halides is 6. The summed E-state index contributed by atoms with van der Waals surface area (Å²) in [4.78, 5) is 13.5. The molecular weight excluding hydrogens is 506 g/mol. The van der Waals surface area contributed by atoms with Crippen LogP contribution in [0.3, 0.4) is 0 Å². The summed E-state index contributed by atoms with van der Waals surface area (Å²) >= 11 is 1.84. The Balaban J connectivity index is 2.01. The molecule has 1 aromatic carbocycles. The fourth-order valence-corrected chi connectivity index (χ4v) is 6.46. The van der Waals surface area contributed by atoms with Crippen LogP contribution in [0.1, 0.15) is 52.8 Å². The molecule has 9 heteroatoms. The molecule has 184 valence electrons. The van der Waals surface area contributed by atoms with Gasteiger partial charge in [0.05, 0.1) is 4.88 Å². The second-order valence-corrected chi connectivity index (χ2v) is 10.8. The molecule has 0 amide bonds. The molecule has 0 spiro atoms. The quantitative estimate of drug-likeness (QED) is 0.240. The maximum absolute atomic E-state index is 15.3. The maximum atomic E-state index is 15.3. The van der Waals surface area contributed by atoms with E-state index in [-0.39, 0.29) is 36.9 Å². The number of carbonyl (C=O) groups excluding carboxylic acids is 1. The standard InChI is InChI=1S/C26H20F6OS2/c1-6-16-7-9-17(10-8-16)22(33)23-13(3)19(15(5)35-23)21-20(18-12(2)11-34-14(18)4)24(27,28)26(31,32)25(21,29)30/h6-11H,1H2,2-5H3. The second kappa shape index (κ2) is 8.20. The molecule has 0 fully saturated rings. The third kappa shape index (κ3) is 3.46. The normalized spacial score (nSPS) is 18.2. The molecular formula is C26H20F6OS2. The average molecular weight is 527 g/mol. The van der Waals surface area contributed by atoms with Crippen molar-refractivity contribution in [3.05, 3.63) is 84.2 Å². The molecule has 35 heavy (non-hydrogen) atoms. The number of halogens is 6. The van der Waals surface area contributed by atoms with E-state index in [1.54, 1.807) is 18.2 Å². The van der Waals surface area contributed by atoms with E-state index in [1.165, 1.54) is 45.2 Å². The maximum Gasteiger partial charge on any atom is 0.380 e. The molecule has 1 aliphatic rings. The summed E-state index contributed by atoms with van der Waals surface area (Å²) in [5, 5.41) is 1.47. The first kappa shape index (κ1) is 25.4. The summed E-state index contributed by atoms with van der Waals surface area (Å²) in [6.07, 6.45) is 1.58. The van der Waals surface area contributed by atoms with Crippen LogP contribution >= 0.6 is 22.7 Å². The van der Waals surface area contributed by atoms with Gasteiger partial charge in [0.1, 0.15) is 0 Å². The van der Waals surface area contributed by atoms with Crippen LogP contribution in [0.2, 0.25) is 0 Å². The van der Waals surface area contributed by atoms with E-state index in [1.807, 2.05) is 0 Å². The van der Waals surface area contributed by atoms with Gasteiger partial charge in [0.25, 0.3) is 0 Å². The van der Waals surface area contributed by atoms with Crippen molar-refractivity contribution in [1.29, 1.82) is 0 Å². The molecule has 3 aromatic rings. The Morgan fingerprint density at radius 2 is 1.40 bits per heavy atom.